The smallest absolute Gasteiger partial charge is 0.131 e. The summed E-state index contributed by atoms with van der Waals surface area (Å²) in [4.78, 5) is 8.83. The minimum absolute atomic E-state index is 0.213. The zero-order valence-corrected chi connectivity index (χ0v) is 9.90. The molecule has 1 aromatic heterocycles. The van der Waals surface area contributed by atoms with E-state index in [4.69, 9.17) is 5.73 Å². The maximum atomic E-state index is 5.90. The molecule has 2 atom stereocenters. The minimum atomic E-state index is 0.213. The molecule has 1 rings (SSSR count). The molecule has 15 heavy (non-hydrogen) atoms. The summed E-state index contributed by atoms with van der Waals surface area (Å²) in [5, 5.41) is 0. The lowest BCUT2D eigenvalue weighted by Gasteiger charge is -2.11. The fraction of sp³-hybridized carbons (Fsp3) is 0.667. The topological polar surface area (TPSA) is 51.8 Å². The number of nitrogens with zero attached hydrogens (tertiary/aromatic N) is 2. The Balaban J connectivity index is 2.74. The Morgan fingerprint density at radius 2 is 2.07 bits per heavy atom. The van der Waals surface area contributed by atoms with E-state index in [1.165, 1.54) is 0 Å². The zero-order valence-electron chi connectivity index (χ0n) is 9.90. The van der Waals surface area contributed by atoms with Crippen LogP contribution >= 0.6 is 0 Å². The van der Waals surface area contributed by atoms with Crippen molar-refractivity contribution >= 4 is 0 Å². The molecule has 0 amide bonds. The van der Waals surface area contributed by atoms with Crippen LogP contribution in [0, 0.1) is 0 Å². The highest BCUT2D eigenvalue weighted by Gasteiger charge is 2.08. The first-order valence-corrected chi connectivity index (χ1v) is 5.74. The van der Waals surface area contributed by atoms with Gasteiger partial charge in [0.05, 0.1) is 0 Å². The van der Waals surface area contributed by atoms with E-state index in [2.05, 4.69) is 30.7 Å². The van der Waals surface area contributed by atoms with Gasteiger partial charge in [0.25, 0.3) is 0 Å². The summed E-state index contributed by atoms with van der Waals surface area (Å²) in [5.41, 5.74) is 6.97. The lowest BCUT2D eigenvalue weighted by Crippen LogP contribution is -2.22. The highest BCUT2D eigenvalue weighted by molar-refractivity contribution is 5.06. The van der Waals surface area contributed by atoms with Crippen LogP contribution in [0.5, 0.6) is 0 Å². The summed E-state index contributed by atoms with van der Waals surface area (Å²) in [6.07, 6.45) is 4.75. The van der Waals surface area contributed by atoms with Gasteiger partial charge in [0.15, 0.2) is 0 Å². The van der Waals surface area contributed by atoms with Gasteiger partial charge in [-0.1, -0.05) is 20.8 Å². The number of hydrogen-bond acceptors (Lipinski definition) is 3. The first kappa shape index (κ1) is 12.1. The van der Waals surface area contributed by atoms with E-state index < -0.39 is 0 Å². The van der Waals surface area contributed by atoms with E-state index in [0.717, 1.165) is 30.8 Å². The molecule has 0 aliphatic carbocycles. The molecule has 0 radical (unpaired) electrons. The molecule has 2 unspecified atom stereocenters. The monoisotopic (exact) mass is 207 g/mol. The Morgan fingerprint density at radius 1 is 1.33 bits per heavy atom. The van der Waals surface area contributed by atoms with Crippen molar-refractivity contribution in [3.63, 3.8) is 0 Å². The van der Waals surface area contributed by atoms with Crippen molar-refractivity contribution in [3.05, 3.63) is 23.8 Å². The SMILES string of the molecule is CCC(N)Cc1ccnc(C(C)CC)n1. The molecule has 0 fully saturated rings. The molecular formula is C12H21N3. The summed E-state index contributed by atoms with van der Waals surface area (Å²) >= 11 is 0. The van der Waals surface area contributed by atoms with Gasteiger partial charge >= 0.3 is 0 Å². The van der Waals surface area contributed by atoms with Crippen molar-refractivity contribution in [1.82, 2.24) is 9.97 Å². The van der Waals surface area contributed by atoms with Crippen LogP contribution in [0.15, 0.2) is 12.3 Å². The zero-order chi connectivity index (χ0) is 11.3. The van der Waals surface area contributed by atoms with Crippen LogP contribution in [0.25, 0.3) is 0 Å². The summed E-state index contributed by atoms with van der Waals surface area (Å²) in [6.45, 7) is 6.40. The lowest BCUT2D eigenvalue weighted by atomic mass is 10.1. The highest BCUT2D eigenvalue weighted by Crippen LogP contribution is 2.14. The summed E-state index contributed by atoms with van der Waals surface area (Å²) in [5.74, 6) is 1.38. The van der Waals surface area contributed by atoms with E-state index in [-0.39, 0.29) is 6.04 Å². The van der Waals surface area contributed by atoms with Gasteiger partial charge in [0, 0.05) is 30.3 Å². The molecule has 3 nitrogen and oxygen atoms in total. The van der Waals surface area contributed by atoms with E-state index in [9.17, 15) is 0 Å². The number of hydrogen-bond donors (Lipinski definition) is 1. The number of aromatic nitrogens is 2. The van der Waals surface area contributed by atoms with Gasteiger partial charge in [-0.2, -0.15) is 0 Å². The average Bonchev–Trinajstić information content (AvgIpc) is 2.28. The molecule has 0 aromatic carbocycles. The fourth-order valence-corrected chi connectivity index (χ4v) is 1.36. The van der Waals surface area contributed by atoms with Crippen molar-refractivity contribution in [2.24, 2.45) is 5.73 Å². The Kier molecular flexibility index (Phi) is 4.69. The second-order valence-electron chi connectivity index (χ2n) is 4.09. The van der Waals surface area contributed by atoms with Crippen LogP contribution in [0.2, 0.25) is 0 Å². The molecule has 0 saturated heterocycles. The van der Waals surface area contributed by atoms with Gasteiger partial charge in [-0.3, -0.25) is 0 Å². The van der Waals surface area contributed by atoms with Gasteiger partial charge in [-0.15, -0.1) is 0 Å². The summed E-state index contributed by atoms with van der Waals surface area (Å²) in [6, 6.07) is 2.17. The van der Waals surface area contributed by atoms with Gasteiger partial charge in [-0.05, 0) is 18.9 Å². The lowest BCUT2D eigenvalue weighted by molar-refractivity contribution is 0.619. The maximum Gasteiger partial charge on any atom is 0.131 e. The molecule has 84 valence electrons. The van der Waals surface area contributed by atoms with Gasteiger partial charge in [0.2, 0.25) is 0 Å². The Morgan fingerprint density at radius 3 is 2.67 bits per heavy atom. The standard InChI is InChI=1S/C12H21N3/c1-4-9(3)12-14-7-6-11(15-12)8-10(13)5-2/h6-7,9-10H,4-5,8,13H2,1-3H3. The second-order valence-corrected chi connectivity index (χ2v) is 4.09. The largest absolute Gasteiger partial charge is 0.327 e. The van der Waals surface area contributed by atoms with Crippen LogP contribution in [0.1, 0.15) is 51.0 Å². The molecule has 1 aromatic rings. The predicted octanol–water partition coefficient (Wildman–Crippen LogP) is 2.27. The minimum Gasteiger partial charge on any atom is -0.327 e. The van der Waals surface area contributed by atoms with E-state index in [1.807, 2.05) is 12.3 Å². The third-order valence-electron chi connectivity index (χ3n) is 2.78. The van der Waals surface area contributed by atoms with E-state index in [0.29, 0.717) is 5.92 Å². The number of rotatable bonds is 5. The van der Waals surface area contributed by atoms with Crippen molar-refractivity contribution in [3.8, 4) is 0 Å². The van der Waals surface area contributed by atoms with Gasteiger partial charge in [-0.25, -0.2) is 9.97 Å². The molecule has 0 saturated carbocycles. The molecule has 0 aliphatic heterocycles. The van der Waals surface area contributed by atoms with Gasteiger partial charge in [0.1, 0.15) is 5.82 Å². The quantitative estimate of drug-likeness (QED) is 0.805. The van der Waals surface area contributed by atoms with E-state index >= 15 is 0 Å². The first-order valence-electron chi connectivity index (χ1n) is 5.74. The van der Waals surface area contributed by atoms with Crippen molar-refractivity contribution in [1.29, 1.82) is 0 Å². The molecule has 1 heterocycles. The van der Waals surface area contributed by atoms with Crippen LogP contribution in [-0.2, 0) is 6.42 Å². The normalized spacial score (nSPS) is 14.9. The fourth-order valence-electron chi connectivity index (χ4n) is 1.36. The van der Waals surface area contributed by atoms with Crippen molar-refractivity contribution in [2.75, 3.05) is 0 Å². The molecule has 3 heteroatoms. The molecular weight excluding hydrogens is 186 g/mol. The second kappa shape index (κ2) is 5.81. The summed E-state index contributed by atoms with van der Waals surface area (Å²) in [7, 11) is 0. The van der Waals surface area contributed by atoms with Crippen molar-refractivity contribution < 1.29 is 0 Å². The Labute approximate surface area is 92.1 Å². The Hall–Kier alpha value is -0.960. The summed E-state index contributed by atoms with van der Waals surface area (Å²) < 4.78 is 0. The molecule has 0 aliphatic rings. The van der Waals surface area contributed by atoms with Crippen LogP contribution in [-0.4, -0.2) is 16.0 Å². The van der Waals surface area contributed by atoms with Crippen molar-refractivity contribution in [2.45, 2.75) is 52.0 Å². The third-order valence-corrected chi connectivity index (χ3v) is 2.78. The van der Waals surface area contributed by atoms with Gasteiger partial charge < -0.3 is 5.73 Å². The highest BCUT2D eigenvalue weighted by atomic mass is 14.9. The van der Waals surface area contributed by atoms with Crippen LogP contribution < -0.4 is 5.73 Å². The molecule has 0 bridgehead atoms. The first-order chi connectivity index (χ1) is 7.17. The predicted molar refractivity (Wildman–Crippen MR) is 62.7 cm³/mol. The number of nitrogens with two attached hydrogens (primary N) is 1. The molecule has 2 N–H and O–H groups in total. The van der Waals surface area contributed by atoms with Crippen LogP contribution in [0.4, 0.5) is 0 Å². The average molecular weight is 207 g/mol. The Bertz CT molecular complexity index is 299. The van der Waals surface area contributed by atoms with E-state index in [1.54, 1.807) is 0 Å². The maximum absolute atomic E-state index is 5.90. The molecule has 0 spiro atoms. The third kappa shape index (κ3) is 3.59. The van der Waals surface area contributed by atoms with Crippen LogP contribution in [0.3, 0.4) is 0 Å².